The van der Waals surface area contributed by atoms with Gasteiger partial charge >= 0.3 is 12.2 Å². The monoisotopic (exact) mass is 638 g/mol. The average Bonchev–Trinajstić information content (AvgIpc) is 3.55. The van der Waals surface area contributed by atoms with Crippen molar-refractivity contribution in [3.63, 3.8) is 0 Å². The fourth-order valence-corrected chi connectivity index (χ4v) is 6.51. The number of nitrogens with one attached hydrogen (secondary N) is 1. The quantitative estimate of drug-likeness (QED) is 0.319. The van der Waals surface area contributed by atoms with E-state index in [0.717, 1.165) is 0 Å². The minimum atomic E-state index is -4.63. The summed E-state index contributed by atoms with van der Waals surface area (Å²) in [5, 5.41) is 7.06. The Hall–Kier alpha value is -4.08. The summed E-state index contributed by atoms with van der Waals surface area (Å²) in [7, 11) is 1.58. The van der Waals surface area contributed by atoms with Gasteiger partial charge in [0, 0.05) is 56.1 Å². The molecule has 3 aliphatic heterocycles. The maximum atomic E-state index is 14.4. The van der Waals surface area contributed by atoms with Crippen LogP contribution in [0.5, 0.6) is 6.01 Å². The van der Waals surface area contributed by atoms with Gasteiger partial charge in [0.15, 0.2) is 5.83 Å². The molecule has 242 valence electrons. The number of likely N-dealkylation sites (N-methyl/N-ethyl adjacent to an activating group) is 1. The van der Waals surface area contributed by atoms with Crippen molar-refractivity contribution in [3.05, 3.63) is 47.1 Å². The van der Waals surface area contributed by atoms with Crippen LogP contribution in [0.4, 0.5) is 37.8 Å². The third-order valence-electron chi connectivity index (χ3n) is 8.68. The normalized spacial score (nSPS) is 20.5. The van der Waals surface area contributed by atoms with Crippen molar-refractivity contribution in [2.24, 2.45) is 0 Å². The first kappa shape index (κ1) is 30.9. The Kier molecular flexibility index (Phi) is 7.82. The molecule has 3 aromatic rings. The van der Waals surface area contributed by atoms with Crippen LogP contribution in [0.15, 0.2) is 24.7 Å². The van der Waals surface area contributed by atoms with Gasteiger partial charge in [0.2, 0.25) is 0 Å². The first-order valence-corrected chi connectivity index (χ1v) is 14.5. The number of ether oxygens (including phenoxy) is 1. The van der Waals surface area contributed by atoms with E-state index in [-0.39, 0.29) is 56.5 Å². The number of hydrogen-bond acceptors (Lipinski definition) is 8. The van der Waals surface area contributed by atoms with Crippen LogP contribution in [-0.2, 0) is 23.9 Å². The smallest absolute Gasteiger partial charge is 0.418 e. The number of aryl methyl sites for hydroxylation is 1. The summed E-state index contributed by atoms with van der Waals surface area (Å²) >= 11 is 0. The molecular weight excluding hydrogens is 606 g/mol. The summed E-state index contributed by atoms with van der Waals surface area (Å²) in [6.07, 6.45) is -3.35. The number of carbonyl (C=O) groups is 1. The number of likely N-dealkylation sites (tertiary alicyclic amines) is 1. The lowest BCUT2D eigenvalue weighted by atomic mass is 9.98. The molecule has 1 N–H and O–H groups in total. The predicted octanol–water partition coefficient (Wildman–Crippen LogP) is 4.09. The Morgan fingerprint density at radius 3 is 2.53 bits per heavy atom. The number of piperazine rings is 1. The third-order valence-corrected chi connectivity index (χ3v) is 8.68. The van der Waals surface area contributed by atoms with Crippen LogP contribution in [-0.4, -0.2) is 101 Å². The molecule has 0 aliphatic carbocycles. The number of hydrogen-bond donors (Lipinski definition) is 1. The lowest BCUT2D eigenvalue weighted by Gasteiger charge is -2.38. The molecule has 1 amide bonds. The van der Waals surface area contributed by atoms with Crippen LogP contribution < -0.4 is 14.5 Å². The van der Waals surface area contributed by atoms with Gasteiger partial charge in [-0.1, -0.05) is 6.58 Å². The first-order valence-electron chi connectivity index (χ1n) is 14.5. The van der Waals surface area contributed by atoms with Crippen LogP contribution in [0.2, 0.25) is 0 Å². The third kappa shape index (κ3) is 5.99. The number of carbonyl (C=O) groups excluding carboxylic acids is 1. The Labute approximate surface area is 254 Å². The molecule has 5 heterocycles. The summed E-state index contributed by atoms with van der Waals surface area (Å²) in [6.45, 7) is 5.18. The molecule has 6 rings (SSSR count). The number of aromatic amines is 1. The number of benzene rings is 1. The summed E-state index contributed by atoms with van der Waals surface area (Å²) in [5.41, 5.74) is 0.901. The van der Waals surface area contributed by atoms with E-state index in [0.29, 0.717) is 47.5 Å². The molecule has 0 radical (unpaired) electrons. The van der Waals surface area contributed by atoms with E-state index in [9.17, 15) is 31.1 Å². The van der Waals surface area contributed by atoms with Gasteiger partial charge in [0.1, 0.15) is 12.4 Å². The van der Waals surface area contributed by atoms with Gasteiger partial charge in [-0.25, -0.2) is 13.2 Å². The average molecular weight is 639 g/mol. The summed E-state index contributed by atoms with van der Waals surface area (Å²) < 4.78 is 90.6. The highest BCUT2D eigenvalue weighted by Gasteiger charge is 2.44. The highest BCUT2D eigenvalue weighted by atomic mass is 19.4. The van der Waals surface area contributed by atoms with E-state index in [2.05, 4.69) is 26.7 Å². The van der Waals surface area contributed by atoms with E-state index >= 15 is 0 Å². The second-order valence-electron chi connectivity index (χ2n) is 11.8. The standard InChI is InChI=1S/C29H32F6N8O2/c1-16-10-21-20(12-36-39-21)24(23(16)29(33,34)35)43-5-4-19-22(13-43)37-27(45-14-18-11-28(31,32)15-40(18)3)38-25(19)41-6-8-42(9-7-41)26(44)17(2)30/h10,12,18H,2,4-9,11,13-15H2,1,3H3,(H,36,39)/t18-/m0/s1. The Balaban J connectivity index is 1.35. The topological polar surface area (TPSA) is 93.7 Å². The zero-order valence-electron chi connectivity index (χ0n) is 24.7. The summed E-state index contributed by atoms with van der Waals surface area (Å²) in [4.78, 5) is 27.7. The van der Waals surface area contributed by atoms with Gasteiger partial charge in [-0.2, -0.15) is 28.2 Å². The molecule has 16 heteroatoms. The van der Waals surface area contributed by atoms with Crippen LogP contribution in [0.1, 0.15) is 28.8 Å². The zero-order chi connectivity index (χ0) is 32.3. The van der Waals surface area contributed by atoms with Crippen molar-refractivity contribution < 1.29 is 35.9 Å². The number of alkyl halides is 5. The second-order valence-corrected chi connectivity index (χ2v) is 11.8. The number of aromatic nitrogens is 4. The van der Waals surface area contributed by atoms with Gasteiger partial charge in [-0.05, 0) is 32.0 Å². The first-order chi connectivity index (χ1) is 21.2. The van der Waals surface area contributed by atoms with E-state index in [1.807, 2.05) is 4.90 Å². The van der Waals surface area contributed by atoms with Gasteiger partial charge < -0.3 is 19.4 Å². The molecule has 1 aromatic carbocycles. The van der Waals surface area contributed by atoms with E-state index in [1.165, 1.54) is 29.0 Å². The van der Waals surface area contributed by atoms with Crippen molar-refractivity contribution in [2.45, 2.75) is 44.5 Å². The number of halogens is 6. The number of nitrogens with zero attached hydrogens (tertiary/aromatic N) is 7. The lowest BCUT2D eigenvalue weighted by molar-refractivity contribution is -0.137. The minimum absolute atomic E-state index is 0.00441. The van der Waals surface area contributed by atoms with Gasteiger partial charge in [0.05, 0.1) is 41.7 Å². The number of fused-ring (bicyclic) bond motifs is 2. The van der Waals surface area contributed by atoms with Gasteiger partial charge in [-0.15, -0.1) is 0 Å². The Morgan fingerprint density at radius 1 is 1.16 bits per heavy atom. The highest BCUT2D eigenvalue weighted by Crippen LogP contribution is 2.44. The zero-order valence-corrected chi connectivity index (χ0v) is 24.7. The Morgan fingerprint density at radius 2 is 1.89 bits per heavy atom. The molecular formula is C29H32F6N8O2. The second kappa shape index (κ2) is 11.4. The minimum Gasteiger partial charge on any atom is -0.462 e. The molecule has 0 unspecified atom stereocenters. The van der Waals surface area contributed by atoms with Gasteiger partial charge in [-0.3, -0.25) is 14.8 Å². The number of H-pyrrole nitrogens is 1. The van der Waals surface area contributed by atoms with E-state index in [1.54, 1.807) is 11.9 Å². The van der Waals surface area contributed by atoms with Crippen molar-refractivity contribution in [3.8, 4) is 6.01 Å². The molecule has 2 fully saturated rings. The largest absolute Gasteiger partial charge is 0.462 e. The van der Waals surface area contributed by atoms with Crippen LogP contribution in [0, 0.1) is 6.92 Å². The van der Waals surface area contributed by atoms with E-state index < -0.39 is 42.0 Å². The molecule has 2 saturated heterocycles. The number of rotatable bonds is 6. The maximum Gasteiger partial charge on any atom is 0.418 e. The molecule has 10 nitrogen and oxygen atoms in total. The molecule has 2 aromatic heterocycles. The summed E-state index contributed by atoms with van der Waals surface area (Å²) in [5.74, 6) is -4.21. The van der Waals surface area contributed by atoms with Crippen LogP contribution in [0.25, 0.3) is 10.9 Å². The van der Waals surface area contributed by atoms with Crippen molar-refractivity contribution >= 4 is 28.3 Å². The molecule has 45 heavy (non-hydrogen) atoms. The fourth-order valence-electron chi connectivity index (χ4n) is 6.51. The van der Waals surface area contributed by atoms with Crippen LogP contribution in [0.3, 0.4) is 0 Å². The van der Waals surface area contributed by atoms with Crippen molar-refractivity contribution in [1.82, 2.24) is 30.0 Å². The van der Waals surface area contributed by atoms with Crippen LogP contribution >= 0.6 is 0 Å². The molecule has 0 spiro atoms. The maximum absolute atomic E-state index is 14.4. The Bertz CT molecular complexity index is 1630. The lowest BCUT2D eigenvalue weighted by Crippen LogP contribution is -2.49. The highest BCUT2D eigenvalue weighted by molar-refractivity contribution is 5.95. The van der Waals surface area contributed by atoms with Gasteiger partial charge in [0.25, 0.3) is 11.8 Å². The van der Waals surface area contributed by atoms with Crippen molar-refractivity contribution in [1.29, 1.82) is 0 Å². The summed E-state index contributed by atoms with van der Waals surface area (Å²) in [6, 6.07) is 0.753. The van der Waals surface area contributed by atoms with Crippen molar-refractivity contribution in [2.75, 3.05) is 62.7 Å². The SMILES string of the molecule is C=C(F)C(=O)N1CCN(c2nc(OC[C@@H]3CC(F)(F)CN3C)nc3c2CCN(c2c(C(F)(F)F)c(C)cc4[nH]ncc24)C3)CC1. The molecule has 0 saturated carbocycles. The number of amides is 1. The molecule has 1 atom stereocenters. The number of anilines is 2. The predicted molar refractivity (Wildman–Crippen MR) is 153 cm³/mol. The molecule has 3 aliphatic rings. The molecule has 0 bridgehead atoms. The van der Waals surface area contributed by atoms with E-state index in [4.69, 9.17) is 4.74 Å². The fraction of sp³-hybridized carbons (Fsp3) is 0.517.